The number of nitrogens with zero attached hydrogens (tertiary/aromatic N) is 3. The summed E-state index contributed by atoms with van der Waals surface area (Å²) in [5, 5.41) is 0.645. The van der Waals surface area contributed by atoms with E-state index in [1.807, 2.05) is 24.0 Å². The van der Waals surface area contributed by atoms with Gasteiger partial charge in [-0.25, -0.2) is 4.57 Å². The molecule has 1 heterocycles. The summed E-state index contributed by atoms with van der Waals surface area (Å²) in [6.07, 6.45) is 3.94. The first kappa shape index (κ1) is 19.3. The van der Waals surface area contributed by atoms with Gasteiger partial charge in [-0.3, -0.25) is 0 Å². The Morgan fingerprint density at radius 3 is 1.50 bits per heavy atom. The lowest BCUT2D eigenvalue weighted by atomic mass is 10.1. The van der Waals surface area contributed by atoms with Crippen molar-refractivity contribution in [2.75, 3.05) is 26.2 Å². The van der Waals surface area contributed by atoms with Gasteiger partial charge in [0.15, 0.2) is 12.4 Å². The maximum absolute atomic E-state index is 6.64. The SMILES string of the molecule is CCN(CC)C(=S)c1c[n+](C)cc(C(=S)N(CC)CC)c1Cl. The lowest BCUT2D eigenvalue weighted by Gasteiger charge is -2.24. The highest BCUT2D eigenvalue weighted by molar-refractivity contribution is 7.81. The first-order valence-corrected chi connectivity index (χ1v) is 8.87. The average molecular weight is 359 g/mol. The number of pyridine rings is 1. The highest BCUT2D eigenvalue weighted by Crippen LogP contribution is 2.23. The third-order valence-corrected chi connectivity index (χ3v) is 5.06. The van der Waals surface area contributed by atoms with E-state index in [1.54, 1.807) is 0 Å². The zero-order valence-electron chi connectivity index (χ0n) is 14.0. The average Bonchev–Trinajstić information content (AvgIpc) is 2.51. The van der Waals surface area contributed by atoms with Crippen molar-refractivity contribution in [2.45, 2.75) is 27.7 Å². The summed E-state index contributed by atoms with van der Waals surface area (Å²) in [4.78, 5) is 5.80. The second-order valence-corrected chi connectivity index (χ2v) is 6.17. The largest absolute Gasteiger partial charge is 0.363 e. The molecule has 0 aliphatic heterocycles. The van der Waals surface area contributed by atoms with E-state index in [4.69, 9.17) is 36.0 Å². The van der Waals surface area contributed by atoms with Crippen LogP contribution in [0.25, 0.3) is 0 Å². The van der Waals surface area contributed by atoms with Crippen LogP contribution in [-0.4, -0.2) is 46.0 Å². The van der Waals surface area contributed by atoms with Crippen LogP contribution in [0, 0.1) is 0 Å². The van der Waals surface area contributed by atoms with E-state index >= 15 is 0 Å². The van der Waals surface area contributed by atoms with E-state index in [2.05, 4.69) is 37.5 Å². The Balaban J connectivity index is 3.34. The molecular weight excluding hydrogens is 334 g/mol. The van der Waals surface area contributed by atoms with Crippen LogP contribution in [0.2, 0.25) is 5.02 Å². The molecule has 0 N–H and O–H groups in total. The van der Waals surface area contributed by atoms with E-state index in [1.165, 1.54) is 0 Å². The van der Waals surface area contributed by atoms with Crippen molar-refractivity contribution < 1.29 is 4.57 Å². The van der Waals surface area contributed by atoms with Crippen molar-refractivity contribution in [1.82, 2.24) is 9.80 Å². The predicted octanol–water partition coefficient (Wildman–Crippen LogP) is 3.20. The van der Waals surface area contributed by atoms with Crippen molar-refractivity contribution in [1.29, 1.82) is 0 Å². The molecule has 0 unspecified atom stereocenters. The van der Waals surface area contributed by atoms with Gasteiger partial charge in [-0.15, -0.1) is 0 Å². The minimum Gasteiger partial charge on any atom is -0.363 e. The van der Waals surface area contributed by atoms with Crippen molar-refractivity contribution in [3.05, 3.63) is 28.5 Å². The topological polar surface area (TPSA) is 10.4 Å². The van der Waals surface area contributed by atoms with Crippen LogP contribution in [-0.2, 0) is 7.05 Å². The normalized spacial score (nSPS) is 10.5. The van der Waals surface area contributed by atoms with Crippen molar-refractivity contribution in [3.63, 3.8) is 0 Å². The van der Waals surface area contributed by atoms with E-state index in [-0.39, 0.29) is 0 Å². The molecule has 6 heteroatoms. The molecule has 0 aliphatic carbocycles. The number of hydrogen-bond acceptors (Lipinski definition) is 2. The minimum absolute atomic E-state index is 0.645. The van der Waals surface area contributed by atoms with Crippen LogP contribution in [0.3, 0.4) is 0 Å². The molecule has 0 atom stereocenters. The molecule has 1 aromatic heterocycles. The second-order valence-electron chi connectivity index (χ2n) is 5.02. The number of aryl methyl sites for hydroxylation is 1. The molecule has 122 valence electrons. The van der Waals surface area contributed by atoms with E-state index in [0.717, 1.165) is 47.3 Å². The summed E-state index contributed by atoms with van der Waals surface area (Å²) < 4.78 is 1.97. The maximum Gasteiger partial charge on any atom is 0.180 e. The molecule has 0 aromatic carbocycles. The highest BCUT2D eigenvalue weighted by atomic mass is 35.5. The van der Waals surface area contributed by atoms with Gasteiger partial charge in [-0.1, -0.05) is 36.0 Å². The molecule has 0 bridgehead atoms. The smallest absolute Gasteiger partial charge is 0.180 e. The predicted molar refractivity (Wildman–Crippen MR) is 102 cm³/mol. The Morgan fingerprint density at radius 2 is 1.23 bits per heavy atom. The fourth-order valence-electron chi connectivity index (χ4n) is 2.36. The first-order valence-electron chi connectivity index (χ1n) is 7.68. The molecule has 0 spiro atoms. The van der Waals surface area contributed by atoms with Crippen LogP contribution in [0.1, 0.15) is 38.8 Å². The number of hydrogen-bond donors (Lipinski definition) is 0. The van der Waals surface area contributed by atoms with E-state index in [9.17, 15) is 0 Å². The Hall–Kier alpha value is -0.780. The molecule has 22 heavy (non-hydrogen) atoms. The quantitative estimate of drug-likeness (QED) is 0.570. The Bertz CT molecular complexity index is 507. The Morgan fingerprint density at radius 1 is 0.909 bits per heavy atom. The number of halogens is 1. The highest BCUT2D eigenvalue weighted by Gasteiger charge is 2.23. The third kappa shape index (κ3) is 4.15. The summed E-state index contributed by atoms with van der Waals surface area (Å²) >= 11 is 17.9. The van der Waals surface area contributed by atoms with Crippen LogP contribution in [0.4, 0.5) is 0 Å². The molecule has 0 radical (unpaired) electrons. The molecule has 1 rings (SSSR count). The zero-order chi connectivity index (χ0) is 16.9. The molecule has 0 saturated heterocycles. The van der Waals surface area contributed by atoms with Gasteiger partial charge in [0, 0.05) is 26.2 Å². The second kappa shape index (κ2) is 8.75. The lowest BCUT2D eigenvalue weighted by molar-refractivity contribution is -0.671. The van der Waals surface area contributed by atoms with Crippen LogP contribution >= 0.6 is 36.0 Å². The van der Waals surface area contributed by atoms with Gasteiger partial charge >= 0.3 is 0 Å². The molecular formula is C16H25ClN3S2+. The van der Waals surface area contributed by atoms with Crippen LogP contribution < -0.4 is 4.57 Å². The van der Waals surface area contributed by atoms with Crippen molar-refractivity contribution >= 4 is 46.0 Å². The summed E-state index contributed by atoms with van der Waals surface area (Å²) in [5.74, 6) is 0. The fraction of sp³-hybridized carbons (Fsp3) is 0.562. The Kier molecular flexibility index (Phi) is 7.66. The standard InChI is InChI=1S/C16H25ClN3S2/c1-6-19(7-2)15(21)12-10-18(5)11-13(14(12)17)16(22)20(8-3)9-4/h10-11H,6-9H2,1-5H3/q+1. The van der Waals surface area contributed by atoms with Crippen molar-refractivity contribution in [2.24, 2.45) is 7.05 Å². The molecule has 3 nitrogen and oxygen atoms in total. The van der Waals surface area contributed by atoms with Gasteiger partial charge in [0.2, 0.25) is 0 Å². The number of rotatable bonds is 6. The van der Waals surface area contributed by atoms with Gasteiger partial charge in [0.1, 0.15) is 17.0 Å². The number of aromatic nitrogens is 1. The van der Waals surface area contributed by atoms with Gasteiger partial charge in [0.05, 0.1) is 16.1 Å². The van der Waals surface area contributed by atoms with Crippen LogP contribution in [0.5, 0.6) is 0 Å². The maximum atomic E-state index is 6.64. The molecule has 0 fully saturated rings. The van der Waals surface area contributed by atoms with Crippen LogP contribution in [0.15, 0.2) is 12.4 Å². The van der Waals surface area contributed by atoms with Gasteiger partial charge in [-0.2, -0.15) is 0 Å². The monoisotopic (exact) mass is 358 g/mol. The summed E-state index contributed by atoms with van der Waals surface area (Å²) in [6.45, 7) is 11.8. The first-order chi connectivity index (χ1) is 10.4. The van der Waals surface area contributed by atoms with Gasteiger partial charge in [0.25, 0.3) is 0 Å². The third-order valence-electron chi connectivity index (χ3n) is 3.70. The molecule has 1 aromatic rings. The van der Waals surface area contributed by atoms with Gasteiger partial charge in [-0.05, 0) is 27.7 Å². The summed E-state index contributed by atoms with van der Waals surface area (Å²) in [5.41, 5.74) is 1.74. The molecule has 0 aliphatic rings. The van der Waals surface area contributed by atoms with E-state index < -0.39 is 0 Å². The lowest BCUT2D eigenvalue weighted by Crippen LogP contribution is -2.37. The van der Waals surface area contributed by atoms with Crippen molar-refractivity contribution in [3.8, 4) is 0 Å². The van der Waals surface area contributed by atoms with Gasteiger partial charge < -0.3 is 9.80 Å². The zero-order valence-corrected chi connectivity index (χ0v) is 16.4. The van der Waals surface area contributed by atoms with E-state index in [0.29, 0.717) is 5.02 Å². The number of thiocarbonyl (C=S) groups is 2. The molecule has 0 saturated carbocycles. The Labute approximate surface area is 149 Å². The summed E-state index contributed by atoms with van der Waals surface area (Å²) in [6, 6.07) is 0. The molecule has 0 amide bonds. The summed E-state index contributed by atoms with van der Waals surface area (Å²) in [7, 11) is 1.97. The fourth-order valence-corrected chi connectivity index (χ4v) is 3.58. The minimum atomic E-state index is 0.645.